The lowest BCUT2D eigenvalue weighted by Gasteiger charge is -2.14. The van der Waals surface area contributed by atoms with E-state index in [-0.39, 0.29) is 11.7 Å². The maximum atomic E-state index is 12.9. The van der Waals surface area contributed by atoms with Gasteiger partial charge in [0, 0.05) is 16.7 Å². The Morgan fingerprint density at radius 2 is 2.32 bits per heavy atom. The van der Waals surface area contributed by atoms with E-state index in [0.717, 1.165) is 44.9 Å². The van der Waals surface area contributed by atoms with Crippen LogP contribution in [0.15, 0.2) is 34.2 Å². The lowest BCUT2D eigenvalue weighted by atomic mass is 10.2. The zero-order valence-electron chi connectivity index (χ0n) is 12.2. The van der Waals surface area contributed by atoms with Crippen LogP contribution >= 0.6 is 23.1 Å². The first-order chi connectivity index (χ1) is 10.8. The second kappa shape index (κ2) is 5.68. The third kappa shape index (κ3) is 2.26. The van der Waals surface area contributed by atoms with E-state index in [9.17, 15) is 4.79 Å². The maximum Gasteiger partial charge on any atom is 0.272 e. The monoisotopic (exact) mass is 332 g/mol. The fourth-order valence-electron chi connectivity index (χ4n) is 2.96. The van der Waals surface area contributed by atoms with Gasteiger partial charge in [-0.2, -0.15) is 0 Å². The summed E-state index contributed by atoms with van der Waals surface area (Å²) < 4.78 is 9.34. The van der Waals surface area contributed by atoms with E-state index in [4.69, 9.17) is 9.72 Å². The Morgan fingerprint density at radius 1 is 1.45 bits per heavy atom. The Morgan fingerprint density at radius 3 is 3.09 bits per heavy atom. The molecule has 114 valence electrons. The summed E-state index contributed by atoms with van der Waals surface area (Å²) in [6.07, 6.45) is 4.20. The highest BCUT2D eigenvalue weighted by Crippen LogP contribution is 2.31. The van der Waals surface area contributed by atoms with E-state index in [1.165, 1.54) is 23.1 Å². The Hall–Kier alpha value is -1.37. The molecule has 1 aromatic carbocycles. The molecule has 1 saturated heterocycles. The Labute approximate surface area is 136 Å². The molecule has 4 rings (SSSR count). The number of ether oxygens (including phenoxy) is 1. The van der Waals surface area contributed by atoms with Crippen LogP contribution < -0.4 is 5.56 Å². The third-order valence-electron chi connectivity index (χ3n) is 4.04. The van der Waals surface area contributed by atoms with Gasteiger partial charge >= 0.3 is 0 Å². The van der Waals surface area contributed by atoms with Gasteiger partial charge in [0.15, 0.2) is 5.16 Å². The van der Waals surface area contributed by atoms with Crippen molar-refractivity contribution in [2.75, 3.05) is 12.9 Å². The van der Waals surface area contributed by atoms with Crippen molar-refractivity contribution >= 4 is 43.4 Å². The van der Waals surface area contributed by atoms with E-state index in [1.54, 1.807) is 4.57 Å². The van der Waals surface area contributed by atoms with Gasteiger partial charge in [-0.3, -0.25) is 9.36 Å². The zero-order valence-corrected chi connectivity index (χ0v) is 13.9. The van der Waals surface area contributed by atoms with Crippen molar-refractivity contribution in [1.29, 1.82) is 0 Å². The summed E-state index contributed by atoms with van der Waals surface area (Å²) in [6, 6.07) is 8.07. The first kappa shape index (κ1) is 14.2. The van der Waals surface area contributed by atoms with Crippen LogP contribution in [0.3, 0.4) is 0 Å². The van der Waals surface area contributed by atoms with E-state index >= 15 is 0 Å². The van der Waals surface area contributed by atoms with Crippen LogP contribution in [-0.2, 0) is 11.3 Å². The highest BCUT2D eigenvalue weighted by molar-refractivity contribution is 7.98. The number of thioether (sulfide) groups is 1. The molecule has 0 N–H and O–H groups in total. The molecule has 0 radical (unpaired) electrons. The van der Waals surface area contributed by atoms with Gasteiger partial charge in [-0.05, 0) is 25.2 Å². The molecule has 3 aromatic rings. The molecular formula is C16H16N2O2S2. The lowest BCUT2D eigenvalue weighted by molar-refractivity contribution is 0.0938. The van der Waals surface area contributed by atoms with E-state index in [2.05, 4.69) is 0 Å². The van der Waals surface area contributed by atoms with Crippen molar-refractivity contribution < 1.29 is 4.74 Å². The number of benzene rings is 1. The summed E-state index contributed by atoms with van der Waals surface area (Å²) >= 11 is 3.05. The van der Waals surface area contributed by atoms with E-state index < -0.39 is 0 Å². The van der Waals surface area contributed by atoms with Crippen molar-refractivity contribution in [2.45, 2.75) is 30.6 Å². The Bertz CT molecular complexity index is 894. The third-order valence-corrected chi connectivity index (χ3v) is 5.86. The smallest absolute Gasteiger partial charge is 0.272 e. The predicted molar refractivity (Wildman–Crippen MR) is 92.1 cm³/mol. The van der Waals surface area contributed by atoms with Crippen molar-refractivity contribution in [3.63, 3.8) is 0 Å². The molecule has 1 aliphatic rings. The van der Waals surface area contributed by atoms with Crippen molar-refractivity contribution in [3.05, 3.63) is 34.6 Å². The van der Waals surface area contributed by atoms with Gasteiger partial charge in [0.25, 0.3) is 5.56 Å². The quantitative estimate of drug-likeness (QED) is 0.544. The normalized spacial score (nSPS) is 18.5. The van der Waals surface area contributed by atoms with Crippen LogP contribution in [0.2, 0.25) is 0 Å². The highest BCUT2D eigenvalue weighted by Gasteiger charge is 2.21. The average Bonchev–Trinajstić information content (AvgIpc) is 3.17. The second-order valence-corrected chi connectivity index (χ2v) is 7.25. The van der Waals surface area contributed by atoms with Gasteiger partial charge in [-0.1, -0.05) is 30.0 Å². The Kier molecular flexibility index (Phi) is 3.68. The summed E-state index contributed by atoms with van der Waals surface area (Å²) in [4.78, 5) is 17.7. The molecule has 3 heterocycles. The Balaban J connectivity index is 1.93. The second-order valence-electron chi connectivity index (χ2n) is 5.43. The minimum absolute atomic E-state index is 0.0612. The van der Waals surface area contributed by atoms with Crippen LogP contribution in [0, 0.1) is 0 Å². The standard InChI is InChI=1S/C16H16N2O2S2/c1-21-16-17-13-11-6-2-3-7-12(11)22-14(13)15(19)18(16)9-10-5-4-8-20-10/h2-3,6-7,10H,4-5,8-9H2,1H3. The summed E-state index contributed by atoms with van der Waals surface area (Å²) in [7, 11) is 0. The molecule has 6 heteroatoms. The van der Waals surface area contributed by atoms with Crippen molar-refractivity contribution in [2.24, 2.45) is 0 Å². The molecule has 0 bridgehead atoms. The number of aromatic nitrogens is 2. The molecule has 1 unspecified atom stereocenters. The largest absolute Gasteiger partial charge is 0.376 e. The fraction of sp³-hybridized carbons (Fsp3) is 0.375. The SMILES string of the molecule is CSc1nc2c(sc3ccccc32)c(=O)n1CC1CCCO1. The van der Waals surface area contributed by atoms with E-state index in [0.29, 0.717) is 6.54 Å². The molecular weight excluding hydrogens is 316 g/mol. The molecule has 4 nitrogen and oxygen atoms in total. The van der Waals surface area contributed by atoms with Crippen molar-refractivity contribution in [3.8, 4) is 0 Å². The fourth-order valence-corrected chi connectivity index (χ4v) is 4.61. The molecule has 1 aliphatic heterocycles. The molecule has 22 heavy (non-hydrogen) atoms. The summed E-state index contributed by atoms with van der Waals surface area (Å²) in [5.41, 5.74) is 0.893. The zero-order chi connectivity index (χ0) is 15.1. The van der Waals surface area contributed by atoms with Crippen LogP contribution in [0.25, 0.3) is 20.3 Å². The minimum atomic E-state index is 0.0612. The van der Waals surface area contributed by atoms with Gasteiger partial charge < -0.3 is 4.74 Å². The van der Waals surface area contributed by atoms with Crippen molar-refractivity contribution in [1.82, 2.24) is 9.55 Å². The summed E-state index contributed by atoms with van der Waals surface area (Å²) in [5, 5.41) is 1.84. The number of hydrogen-bond acceptors (Lipinski definition) is 5. The van der Waals surface area contributed by atoms with Crippen LogP contribution in [0.4, 0.5) is 0 Å². The average molecular weight is 332 g/mol. The molecule has 2 aromatic heterocycles. The number of nitrogens with zero attached hydrogens (tertiary/aromatic N) is 2. The van der Waals surface area contributed by atoms with Gasteiger partial charge in [-0.15, -0.1) is 11.3 Å². The molecule has 0 saturated carbocycles. The minimum Gasteiger partial charge on any atom is -0.376 e. The number of fused-ring (bicyclic) bond motifs is 3. The lowest BCUT2D eigenvalue weighted by Crippen LogP contribution is -2.28. The summed E-state index contributed by atoms with van der Waals surface area (Å²) in [5.74, 6) is 0. The van der Waals surface area contributed by atoms with E-state index in [1.807, 2.05) is 30.5 Å². The topological polar surface area (TPSA) is 44.1 Å². The van der Waals surface area contributed by atoms with Crippen LogP contribution in [0.1, 0.15) is 12.8 Å². The van der Waals surface area contributed by atoms with Crippen LogP contribution in [-0.4, -0.2) is 28.5 Å². The first-order valence-electron chi connectivity index (χ1n) is 7.35. The van der Waals surface area contributed by atoms with Gasteiger partial charge in [0.2, 0.25) is 0 Å². The number of thiophene rings is 1. The number of rotatable bonds is 3. The molecule has 1 atom stereocenters. The van der Waals surface area contributed by atoms with Gasteiger partial charge in [0.05, 0.1) is 18.2 Å². The molecule has 1 fully saturated rings. The molecule has 0 aliphatic carbocycles. The van der Waals surface area contributed by atoms with Gasteiger partial charge in [-0.25, -0.2) is 4.98 Å². The maximum absolute atomic E-state index is 12.9. The molecule has 0 amide bonds. The molecule has 0 spiro atoms. The first-order valence-corrected chi connectivity index (χ1v) is 9.39. The van der Waals surface area contributed by atoms with Gasteiger partial charge in [0.1, 0.15) is 4.70 Å². The van der Waals surface area contributed by atoms with Crippen LogP contribution in [0.5, 0.6) is 0 Å². The highest BCUT2D eigenvalue weighted by atomic mass is 32.2. The number of hydrogen-bond donors (Lipinski definition) is 0. The summed E-state index contributed by atoms with van der Waals surface area (Å²) in [6.45, 7) is 1.40. The predicted octanol–water partition coefficient (Wildman–Crippen LogP) is 3.51.